The lowest BCUT2D eigenvalue weighted by Crippen LogP contribution is -2.10. The average Bonchev–Trinajstić information content (AvgIpc) is 2.88. The fourth-order valence-corrected chi connectivity index (χ4v) is 5.76. The zero-order chi connectivity index (χ0) is 27.1. The number of phosphoric acid groups is 1. The lowest BCUT2D eigenvalue weighted by atomic mass is 10.0. The summed E-state index contributed by atoms with van der Waals surface area (Å²) in [6.07, 6.45) is 36.0. The molecule has 0 bridgehead atoms. The van der Waals surface area contributed by atoms with Crippen LogP contribution in [0, 0.1) is 0 Å². The van der Waals surface area contributed by atoms with Gasteiger partial charge in [0.05, 0.1) is 13.2 Å². The summed E-state index contributed by atoms with van der Waals surface area (Å²) < 4.78 is 21.9. The van der Waals surface area contributed by atoms with Gasteiger partial charge in [0.2, 0.25) is 0 Å². The molecule has 0 rings (SSSR count). The Balaban J connectivity index is 3.28. The molecule has 4 nitrogen and oxygen atoms in total. The molecule has 224 valence electrons. The molecule has 0 aliphatic rings. The summed E-state index contributed by atoms with van der Waals surface area (Å²) in [6.45, 7) is 5.06. The van der Waals surface area contributed by atoms with Crippen LogP contribution in [-0.4, -0.2) is 13.2 Å². The Bertz CT molecular complexity index is 434. The van der Waals surface area contributed by atoms with Crippen LogP contribution in [0.4, 0.5) is 0 Å². The van der Waals surface area contributed by atoms with Crippen LogP contribution in [0.2, 0.25) is 0 Å². The molecule has 0 saturated heterocycles. The molecule has 0 aliphatic carbocycles. The first-order chi connectivity index (χ1) is 18.1. The molecule has 0 atom stereocenters. The SMILES string of the molecule is CCCCCCCCCCCCCCCCOP(=O)([O-])OCCCCCCCCCCCCCCCC. The Morgan fingerprint density at radius 3 is 0.784 bits per heavy atom. The van der Waals surface area contributed by atoms with Gasteiger partial charge in [0.1, 0.15) is 0 Å². The van der Waals surface area contributed by atoms with E-state index < -0.39 is 7.82 Å². The van der Waals surface area contributed by atoms with Crippen molar-refractivity contribution in [1.29, 1.82) is 0 Å². The molecule has 5 heteroatoms. The first kappa shape index (κ1) is 37.1. The molecular formula is C32H66O4P-. The third-order valence-electron chi connectivity index (χ3n) is 7.49. The largest absolute Gasteiger partial charge is 0.756 e. The summed E-state index contributed by atoms with van der Waals surface area (Å²) in [5.74, 6) is 0. The second-order valence-corrected chi connectivity index (χ2v) is 12.7. The van der Waals surface area contributed by atoms with E-state index in [-0.39, 0.29) is 13.2 Å². The molecule has 0 fully saturated rings. The van der Waals surface area contributed by atoms with Gasteiger partial charge >= 0.3 is 0 Å². The van der Waals surface area contributed by atoms with Crippen molar-refractivity contribution in [3.63, 3.8) is 0 Å². The fourth-order valence-electron chi connectivity index (χ4n) is 4.98. The molecule has 0 aromatic heterocycles. The van der Waals surface area contributed by atoms with Gasteiger partial charge in [-0.2, -0.15) is 0 Å². The van der Waals surface area contributed by atoms with E-state index in [1.165, 1.54) is 154 Å². The molecular weight excluding hydrogens is 479 g/mol. The van der Waals surface area contributed by atoms with E-state index in [4.69, 9.17) is 9.05 Å². The van der Waals surface area contributed by atoms with Crippen molar-refractivity contribution in [2.75, 3.05) is 13.2 Å². The fraction of sp³-hybridized carbons (Fsp3) is 1.00. The molecule has 0 spiro atoms. The minimum absolute atomic E-state index is 0.261. The predicted octanol–water partition coefficient (Wildman–Crippen LogP) is 11.5. The lowest BCUT2D eigenvalue weighted by molar-refractivity contribution is -0.225. The van der Waals surface area contributed by atoms with Crippen LogP contribution in [0.1, 0.15) is 194 Å². The highest BCUT2D eigenvalue weighted by atomic mass is 31.2. The number of hydrogen-bond acceptors (Lipinski definition) is 4. The second kappa shape index (κ2) is 30.6. The maximum absolute atomic E-state index is 11.9. The van der Waals surface area contributed by atoms with Gasteiger partial charge in [-0.1, -0.05) is 181 Å². The van der Waals surface area contributed by atoms with Crippen LogP contribution in [0.15, 0.2) is 0 Å². The van der Waals surface area contributed by atoms with Crippen molar-refractivity contribution in [1.82, 2.24) is 0 Å². The van der Waals surface area contributed by atoms with Crippen LogP contribution >= 0.6 is 7.82 Å². The van der Waals surface area contributed by atoms with Crippen LogP contribution in [0.5, 0.6) is 0 Å². The van der Waals surface area contributed by atoms with Crippen molar-refractivity contribution >= 4 is 7.82 Å². The van der Waals surface area contributed by atoms with Crippen molar-refractivity contribution in [2.24, 2.45) is 0 Å². The standard InChI is InChI=1S/C32H67O4P/c1-3-5-7-9-11-13-15-17-19-21-23-25-27-29-31-35-37(33,34)36-32-30-28-26-24-22-20-18-16-14-12-10-8-6-4-2/h3-32H2,1-2H3,(H,33,34)/p-1. The Hall–Kier alpha value is 0.110. The minimum Gasteiger partial charge on any atom is -0.756 e. The van der Waals surface area contributed by atoms with Crippen LogP contribution < -0.4 is 4.89 Å². The van der Waals surface area contributed by atoms with E-state index >= 15 is 0 Å². The number of rotatable bonds is 32. The van der Waals surface area contributed by atoms with Gasteiger partial charge in [0.25, 0.3) is 7.82 Å². The Labute approximate surface area is 233 Å². The quantitative estimate of drug-likeness (QED) is 0.0623. The summed E-state index contributed by atoms with van der Waals surface area (Å²) in [5.41, 5.74) is 0. The van der Waals surface area contributed by atoms with Gasteiger partial charge in [0, 0.05) is 0 Å². The third kappa shape index (κ3) is 32.2. The van der Waals surface area contributed by atoms with Crippen molar-refractivity contribution in [3.05, 3.63) is 0 Å². The topological polar surface area (TPSA) is 58.6 Å². The van der Waals surface area contributed by atoms with E-state index in [2.05, 4.69) is 13.8 Å². The zero-order valence-corrected chi connectivity index (χ0v) is 26.2. The molecule has 0 aromatic rings. The van der Waals surface area contributed by atoms with E-state index in [9.17, 15) is 9.46 Å². The van der Waals surface area contributed by atoms with E-state index in [1.807, 2.05) is 0 Å². The summed E-state index contributed by atoms with van der Waals surface area (Å²) in [7, 11) is -4.12. The van der Waals surface area contributed by atoms with Crippen molar-refractivity contribution in [2.45, 2.75) is 194 Å². The number of hydrogen-bond donors (Lipinski definition) is 0. The van der Waals surface area contributed by atoms with Gasteiger partial charge in [0.15, 0.2) is 0 Å². The first-order valence-electron chi connectivity index (χ1n) is 16.7. The highest BCUT2D eigenvalue weighted by Gasteiger charge is 2.08. The monoisotopic (exact) mass is 545 g/mol. The van der Waals surface area contributed by atoms with E-state index in [0.29, 0.717) is 0 Å². The second-order valence-electron chi connectivity index (χ2n) is 11.3. The van der Waals surface area contributed by atoms with E-state index in [0.717, 1.165) is 25.7 Å². The van der Waals surface area contributed by atoms with Gasteiger partial charge < -0.3 is 13.9 Å². The Kier molecular flexibility index (Phi) is 30.7. The summed E-state index contributed by atoms with van der Waals surface area (Å²) >= 11 is 0. The molecule has 0 amide bonds. The lowest BCUT2D eigenvalue weighted by Gasteiger charge is -2.22. The minimum atomic E-state index is -4.12. The summed E-state index contributed by atoms with van der Waals surface area (Å²) in [6, 6.07) is 0. The van der Waals surface area contributed by atoms with Gasteiger partial charge in [-0.15, -0.1) is 0 Å². The zero-order valence-electron chi connectivity index (χ0n) is 25.3. The molecule has 0 aromatic carbocycles. The van der Waals surface area contributed by atoms with Crippen molar-refractivity contribution < 1.29 is 18.5 Å². The van der Waals surface area contributed by atoms with Crippen LogP contribution in [-0.2, 0) is 13.6 Å². The van der Waals surface area contributed by atoms with Gasteiger partial charge in [-0.25, -0.2) is 0 Å². The highest BCUT2D eigenvalue weighted by Crippen LogP contribution is 2.38. The molecule has 0 saturated carbocycles. The molecule has 0 radical (unpaired) electrons. The number of unbranched alkanes of at least 4 members (excludes halogenated alkanes) is 26. The number of phosphoric ester groups is 1. The van der Waals surface area contributed by atoms with E-state index in [1.54, 1.807) is 0 Å². The molecule has 0 heterocycles. The molecule has 0 aliphatic heterocycles. The van der Waals surface area contributed by atoms with Gasteiger partial charge in [-0.05, 0) is 12.8 Å². The third-order valence-corrected chi connectivity index (χ3v) is 8.49. The van der Waals surface area contributed by atoms with Crippen LogP contribution in [0.25, 0.3) is 0 Å². The van der Waals surface area contributed by atoms with Crippen LogP contribution in [0.3, 0.4) is 0 Å². The molecule has 37 heavy (non-hydrogen) atoms. The summed E-state index contributed by atoms with van der Waals surface area (Å²) in [4.78, 5) is 11.9. The normalized spacial score (nSPS) is 12.0. The maximum atomic E-state index is 11.9. The Morgan fingerprint density at radius 2 is 0.568 bits per heavy atom. The average molecular weight is 546 g/mol. The highest BCUT2D eigenvalue weighted by molar-refractivity contribution is 7.45. The van der Waals surface area contributed by atoms with Crippen molar-refractivity contribution in [3.8, 4) is 0 Å². The smallest absolute Gasteiger partial charge is 0.267 e. The van der Waals surface area contributed by atoms with Gasteiger partial charge in [-0.3, -0.25) is 4.57 Å². The predicted molar refractivity (Wildman–Crippen MR) is 160 cm³/mol. The first-order valence-corrected chi connectivity index (χ1v) is 18.2. The summed E-state index contributed by atoms with van der Waals surface area (Å²) in [5, 5.41) is 0. The molecule has 0 N–H and O–H groups in total. The molecule has 0 unspecified atom stereocenters. The maximum Gasteiger partial charge on any atom is 0.267 e. The Morgan fingerprint density at radius 1 is 0.378 bits per heavy atom.